The lowest BCUT2D eigenvalue weighted by molar-refractivity contribution is -0.137. The molecule has 1 saturated heterocycles. The Morgan fingerprint density at radius 3 is 2.55 bits per heavy atom. The zero-order valence-electron chi connectivity index (χ0n) is 21.1. The van der Waals surface area contributed by atoms with Crippen molar-refractivity contribution in [3.05, 3.63) is 53.3 Å². The van der Waals surface area contributed by atoms with Crippen LogP contribution in [0.1, 0.15) is 60.5 Å². The number of carbonyl (C=O) groups excluding carboxylic acids is 2. The lowest BCUT2D eigenvalue weighted by atomic mass is 9.78. The van der Waals surface area contributed by atoms with E-state index in [1.54, 1.807) is 12.4 Å². The molecule has 38 heavy (non-hydrogen) atoms. The summed E-state index contributed by atoms with van der Waals surface area (Å²) in [5.41, 5.74) is -1.38. The van der Waals surface area contributed by atoms with Crippen LogP contribution >= 0.6 is 0 Å². The summed E-state index contributed by atoms with van der Waals surface area (Å²) in [6, 6.07) is 4.55. The molecule has 1 unspecified atom stereocenters. The molecule has 2 heterocycles. The van der Waals surface area contributed by atoms with E-state index in [4.69, 9.17) is 4.74 Å². The van der Waals surface area contributed by atoms with Gasteiger partial charge in [-0.3, -0.25) is 14.5 Å². The van der Waals surface area contributed by atoms with Crippen molar-refractivity contribution in [3.63, 3.8) is 0 Å². The van der Waals surface area contributed by atoms with Crippen molar-refractivity contribution in [2.24, 2.45) is 0 Å². The fourth-order valence-electron chi connectivity index (χ4n) is 5.11. The third kappa shape index (κ3) is 6.79. The first-order valence-corrected chi connectivity index (χ1v) is 12.7. The molecule has 2 amide bonds. The van der Waals surface area contributed by atoms with Gasteiger partial charge in [-0.05, 0) is 57.2 Å². The van der Waals surface area contributed by atoms with Crippen molar-refractivity contribution in [2.75, 3.05) is 26.2 Å². The summed E-state index contributed by atoms with van der Waals surface area (Å²) in [5, 5.41) is 16.4. The smallest absolute Gasteiger partial charge is 0.416 e. The number of nitrogens with one attached hydrogen (secondary N) is 2. The second kappa shape index (κ2) is 11.6. The van der Waals surface area contributed by atoms with Crippen LogP contribution in [-0.4, -0.2) is 70.1 Å². The first kappa shape index (κ1) is 27.8. The van der Waals surface area contributed by atoms with Gasteiger partial charge in [-0.2, -0.15) is 13.2 Å². The summed E-state index contributed by atoms with van der Waals surface area (Å²) in [7, 11) is 0. The summed E-state index contributed by atoms with van der Waals surface area (Å²) in [5.74, 6) is -1.14. The number of hydrogen-bond acceptors (Lipinski definition) is 7. The van der Waals surface area contributed by atoms with Crippen molar-refractivity contribution >= 4 is 11.8 Å². The summed E-state index contributed by atoms with van der Waals surface area (Å²) in [6.45, 7) is 3.45. The molecule has 206 valence electrons. The SMILES string of the molecule is CCOc1ncc(C2(O)CCC(N3CCC(NC(=O)CNC(=O)c4cccc(C(F)(F)F)c4)C3)CC2)cn1. The molecule has 3 N–H and O–H groups in total. The van der Waals surface area contributed by atoms with Crippen molar-refractivity contribution < 1.29 is 32.6 Å². The molecule has 1 aliphatic carbocycles. The number of aliphatic hydroxyl groups is 1. The highest BCUT2D eigenvalue weighted by atomic mass is 19.4. The zero-order valence-corrected chi connectivity index (χ0v) is 21.1. The second-order valence-electron chi connectivity index (χ2n) is 9.76. The normalized spacial score (nSPS) is 24.1. The Bertz CT molecular complexity index is 1120. The first-order chi connectivity index (χ1) is 18.1. The van der Waals surface area contributed by atoms with Gasteiger partial charge in [0.1, 0.15) is 0 Å². The summed E-state index contributed by atoms with van der Waals surface area (Å²) in [6.07, 6.45) is 2.16. The molecule has 12 heteroatoms. The van der Waals surface area contributed by atoms with Crippen LogP contribution in [0.2, 0.25) is 0 Å². The van der Waals surface area contributed by atoms with Gasteiger partial charge >= 0.3 is 12.2 Å². The third-order valence-electron chi connectivity index (χ3n) is 7.18. The van der Waals surface area contributed by atoms with Crippen molar-refractivity contribution in [3.8, 4) is 6.01 Å². The topological polar surface area (TPSA) is 117 Å². The Kier molecular flexibility index (Phi) is 8.51. The number of rotatable bonds is 8. The van der Waals surface area contributed by atoms with Gasteiger partial charge in [0.25, 0.3) is 5.91 Å². The average molecular weight is 536 g/mol. The highest BCUT2D eigenvalue weighted by Crippen LogP contribution is 2.39. The maximum Gasteiger partial charge on any atom is 0.416 e. The molecule has 0 bridgehead atoms. The van der Waals surface area contributed by atoms with Gasteiger partial charge in [0, 0.05) is 48.7 Å². The van der Waals surface area contributed by atoms with E-state index in [-0.39, 0.29) is 30.2 Å². The minimum Gasteiger partial charge on any atom is -0.464 e. The molecule has 1 saturated carbocycles. The Morgan fingerprint density at radius 1 is 1.18 bits per heavy atom. The number of carbonyl (C=O) groups is 2. The van der Waals surface area contributed by atoms with E-state index in [0.29, 0.717) is 31.6 Å². The molecular formula is C26H32F3N5O4. The third-order valence-corrected chi connectivity index (χ3v) is 7.18. The highest BCUT2D eigenvalue weighted by Gasteiger charge is 2.39. The maximum atomic E-state index is 12.9. The summed E-state index contributed by atoms with van der Waals surface area (Å²) >= 11 is 0. The van der Waals surface area contributed by atoms with Crippen LogP contribution < -0.4 is 15.4 Å². The molecule has 0 spiro atoms. The van der Waals surface area contributed by atoms with Gasteiger partial charge in [-0.25, -0.2) is 9.97 Å². The van der Waals surface area contributed by atoms with E-state index in [0.717, 1.165) is 44.0 Å². The molecule has 2 aliphatic rings. The number of hydrogen-bond donors (Lipinski definition) is 3. The number of halogens is 3. The molecule has 2 aromatic rings. The van der Waals surface area contributed by atoms with Crippen LogP contribution in [0.15, 0.2) is 36.7 Å². The van der Waals surface area contributed by atoms with E-state index in [1.165, 1.54) is 6.07 Å². The van der Waals surface area contributed by atoms with Gasteiger partial charge in [-0.15, -0.1) is 0 Å². The van der Waals surface area contributed by atoms with Crippen LogP contribution in [-0.2, 0) is 16.6 Å². The predicted octanol–water partition coefficient (Wildman–Crippen LogP) is 2.64. The quantitative estimate of drug-likeness (QED) is 0.476. The number of alkyl halides is 3. The van der Waals surface area contributed by atoms with Crippen LogP contribution in [0, 0.1) is 0 Å². The van der Waals surface area contributed by atoms with Gasteiger partial charge in [0.05, 0.1) is 24.3 Å². The van der Waals surface area contributed by atoms with Crippen LogP contribution in [0.25, 0.3) is 0 Å². The fourth-order valence-corrected chi connectivity index (χ4v) is 5.11. The van der Waals surface area contributed by atoms with Crippen molar-refractivity contribution in [2.45, 2.75) is 62.9 Å². The highest BCUT2D eigenvalue weighted by molar-refractivity contribution is 5.96. The molecule has 0 radical (unpaired) electrons. The van der Waals surface area contributed by atoms with E-state index < -0.39 is 29.2 Å². The summed E-state index contributed by atoms with van der Waals surface area (Å²) < 4.78 is 43.9. The molecule has 4 rings (SSSR count). The van der Waals surface area contributed by atoms with Gasteiger partial charge in [0.2, 0.25) is 5.91 Å². The molecule has 1 aromatic heterocycles. The predicted molar refractivity (Wildman–Crippen MR) is 131 cm³/mol. The number of nitrogens with zero attached hydrogens (tertiary/aromatic N) is 3. The number of likely N-dealkylation sites (tertiary alicyclic amines) is 1. The molecule has 1 aliphatic heterocycles. The largest absolute Gasteiger partial charge is 0.464 e. The Morgan fingerprint density at radius 2 is 1.89 bits per heavy atom. The number of amides is 2. The Balaban J connectivity index is 1.21. The fraction of sp³-hybridized carbons (Fsp3) is 0.538. The second-order valence-corrected chi connectivity index (χ2v) is 9.76. The monoisotopic (exact) mass is 535 g/mol. The Labute approximate surface area is 218 Å². The minimum atomic E-state index is -4.55. The number of aromatic nitrogens is 2. The standard InChI is InChI=1S/C26H32F3N5O4/c1-2-38-24-31-13-19(14-32-24)25(37)9-6-21(7-10-25)34-11-8-20(16-34)33-22(35)15-30-23(36)17-4-3-5-18(12-17)26(27,28)29/h3-5,12-14,20-21,37H,2,6-11,15-16H2,1H3,(H,30,36)(H,33,35). The lowest BCUT2D eigenvalue weighted by Gasteiger charge is -2.39. The molecule has 2 fully saturated rings. The lowest BCUT2D eigenvalue weighted by Crippen LogP contribution is -2.45. The van der Waals surface area contributed by atoms with Crippen molar-refractivity contribution in [1.82, 2.24) is 25.5 Å². The van der Waals surface area contributed by atoms with Crippen LogP contribution in [0.5, 0.6) is 6.01 Å². The number of benzene rings is 1. The Hall–Kier alpha value is -3.25. The maximum absolute atomic E-state index is 12.9. The molecular weight excluding hydrogens is 503 g/mol. The molecule has 1 aromatic carbocycles. The van der Waals surface area contributed by atoms with E-state index in [2.05, 4.69) is 25.5 Å². The summed E-state index contributed by atoms with van der Waals surface area (Å²) in [4.78, 5) is 35.2. The van der Waals surface area contributed by atoms with E-state index in [9.17, 15) is 27.9 Å². The van der Waals surface area contributed by atoms with Gasteiger partial charge < -0.3 is 20.5 Å². The van der Waals surface area contributed by atoms with Crippen LogP contribution in [0.4, 0.5) is 13.2 Å². The zero-order chi connectivity index (χ0) is 27.3. The van der Waals surface area contributed by atoms with E-state index in [1.807, 2.05) is 6.92 Å². The van der Waals surface area contributed by atoms with E-state index >= 15 is 0 Å². The van der Waals surface area contributed by atoms with Gasteiger partial charge in [-0.1, -0.05) is 6.07 Å². The average Bonchev–Trinajstić information content (AvgIpc) is 3.36. The van der Waals surface area contributed by atoms with Crippen LogP contribution in [0.3, 0.4) is 0 Å². The van der Waals surface area contributed by atoms with Crippen molar-refractivity contribution in [1.29, 1.82) is 0 Å². The number of ether oxygens (including phenoxy) is 1. The molecule has 1 atom stereocenters. The van der Waals surface area contributed by atoms with Gasteiger partial charge in [0.15, 0.2) is 0 Å². The first-order valence-electron chi connectivity index (χ1n) is 12.7. The molecule has 9 nitrogen and oxygen atoms in total. The minimum absolute atomic E-state index is 0.0896.